The normalized spacial score (nSPS) is 15.9. The molecular formula is C23H31N5O7. The maximum absolute atomic E-state index is 12.5. The topological polar surface area (TPSA) is 136 Å². The second-order valence-electron chi connectivity index (χ2n) is 8.75. The molecule has 1 aliphatic rings. The first-order valence-corrected chi connectivity index (χ1v) is 10.9. The second-order valence-corrected chi connectivity index (χ2v) is 8.75. The van der Waals surface area contributed by atoms with Crippen LogP contribution in [0.3, 0.4) is 0 Å². The Morgan fingerprint density at radius 1 is 1.09 bits per heavy atom. The summed E-state index contributed by atoms with van der Waals surface area (Å²) >= 11 is 0. The summed E-state index contributed by atoms with van der Waals surface area (Å²) in [5.41, 5.74) is -0.119. The third-order valence-corrected chi connectivity index (χ3v) is 5.18. The molecule has 1 saturated heterocycles. The number of aromatic nitrogens is 2. The van der Waals surface area contributed by atoms with Crippen LogP contribution in [0.5, 0.6) is 17.2 Å². The van der Waals surface area contributed by atoms with Gasteiger partial charge in [-0.25, -0.2) is 14.6 Å². The predicted molar refractivity (Wildman–Crippen MR) is 128 cm³/mol. The second kappa shape index (κ2) is 10.5. The molecule has 35 heavy (non-hydrogen) atoms. The van der Waals surface area contributed by atoms with Crippen LogP contribution in [0, 0.1) is 0 Å². The van der Waals surface area contributed by atoms with Gasteiger partial charge < -0.3 is 34.3 Å². The SMILES string of the molecule is COc1cc(Nc2nccc(N3CCN(C(=O)OC(C)(C)C)C(C(=O)O)C3)n2)cc(OC)c1OC. The van der Waals surface area contributed by atoms with E-state index in [1.54, 1.807) is 50.1 Å². The minimum atomic E-state index is -1.12. The lowest BCUT2D eigenvalue weighted by atomic mass is 10.1. The molecule has 1 amide bonds. The lowest BCUT2D eigenvalue weighted by molar-refractivity contribution is -0.143. The van der Waals surface area contributed by atoms with Gasteiger partial charge in [-0.3, -0.25) is 4.90 Å². The maximum Gasteiger partial charge on any atom is 0.411 e. The number of rotatable bonds is 7. The van der Waals surface area contributed by atoms with Crippen LogP contribution in [0.2, 0.25) is 0 Å². The number of aliphatic carboxylic acids is 1. The molecular weight excluding hydrogens is 458 g/mol. The molecule has 1 aliphatic heterocycles. The predicted octanol–water partition coefficient (Wildman–Crippen LogP) is 2.76. The molecule has 12 heteroatoms. The Morgan fingerprint density at radius 3 is 2.29 bits per heavy atom. The Bertz CT molecular complexity index is 1050. The Morgan fingerprint density at radius 2 is 1.74 bits per heavy atom. The third kappa shape index (κ3) is 6.14. The highest BCUT2D eigenvalue weighted by molar-refractivity contribution is 5.81. The van der Waals surface area contributed by atoms with Crippen molar-refractivity contribution in [3.8, 4) is 17.2 Å². The zero-order valence-electron chi connectivity index (χ0n) is 20.7. The van der Waals surface area contributed by atoms with E-state index < -0.39 is 23.7 Å². The first-order valence-electron chi connectivity index (χ1n) is 10.9. The van der Waals surface area contributed by atoms with Crippen LogP contribution >= 0.6 is 0 Å². The average molecular weight is 490 g/mol. The Hall–Kier alpha value is -3.96. The lowest BCUT2D eigenvalue weighted by Crippen LogP contribution is -2.59. The minimum Gasteiger partial charge on any atom is -0.493 e. The number of hydrogen-bond donors (Lipinski definition) is 2. The van der Waals surface area contributed by atoms with Gasteiger partial charge in [-0.2, -0.15) is 4.98 Å². The van der Waals surface area contributed by atoms with E-state index in [-0.39, 0.29) is 13.1 Å². The number of carbonyl (C=O) groups is 2. The van der Waals surface area contributed by atoms with Gasteiger partial charge in [-0.1, -0.05) is 0 Å². The summed E-state index contributed by atoms with van der Waals surface area (Å²) in [6, 6.07) is 4.04. The van der Waals surface area contributed by atoms with Gasteiger partial charge in [0.2, 0.25) is 11.7 Å². The quantitative estimate of drug-likeness (QED) is 0.594. The van der Waals surface area contributed by atoms with Crippen molar-refractivity contribution in [1.82, 2.24) is 14.9 Å². The number of carboxylic acids is 1. The van der Waals surface area contributed by atoms with E-state index in [0.29, 0.717) is 41.2 Å². The highest BCUT2D eigenvalue weighted by Gasteiger charge is 2.38. The van der Waals surface area contributed by atoms with Gasteiger partial charge in [0.15, 0.2) is 11.5 Å². The summed E-state index contributed by atoms with van der Waals surface area (Å²) in [7, 11) is 4.56. The number of carbonyl (C=O) groups excluding carboxylic acids is 1. The van der Waals surface area contributed by atoms with Crippen molar-refractivity contribution < 1.29 is 33.6 Å². The molecule has 190 valence electrons. The molecule has 2 heterocycles. The molecule has 2 N–H and O–H groups in total. The number of anilines is 3. The molecule has 3 rings (SSSR count). The smallest absolute Gasteiger partial charge is 0.411 e. The largest absolute Gasteiger partial charge is 0.493 e. The summed E-state index contributed by atoms with van der Waals surface area (Å²) in [4.78, 5) is 36.3. The van der Waals surface area contributed by atoms with Crippen molar-refractivity contribution in [2.75, 3.05) is 51.2 Å². The first-order chi connectivity index (χ1) is 16.6. The van der Waals surface area contributed by atoms with E-state index in [4.69, 9.17) is 18.9 Å². The van der Waals surface area contributed by atoms with Crippen molar-refractivity contribution in [1.29, 1.82) is 0 Å². The summed E-state index contributed by atoms with van der Waals surface area (Å²) in [5, 5.41) is 12.9. The fourth-order valence-corrected chi connectivity index (χ4v) is 3.61. The number of ether oxygens (including phenoxy) is 4. The standard InChI is InChI=1S/C23H31N5O7/c1-23(2,3)35-22(31)28-10-9-27(13-15(28)20(29)30)18-7-8-24-21(26-18)25-14-11-16(32-4)19(34-6)17(12-14)33-5/h7-8,11-12,15H,9-10,13H2,1-6H3,(H,29,30)(H,24,25,26). The number of hydrogen-bond acceptors (Lipinski definition) is 10. The molecule has 2 aromatic rings. The molecule has 12 nitrogen and oxygen atoms in total. The van der Waals surface area contributed by atoms with Crippen LogP contribution in [0.1, 0.15) is 20.8 Å². The monoisotopic (exact) mass is 489 g/mol. The van der Waals surface area contributed by atoms with Gasteiger partial charge in [0.1, 0.15) is 17.5 Å². The highest BCUT2D eigenvalue weighted by atomic mass is 16.6. The molecule has 0 radical (unpaired) electrons. The number of nitrogens with one attached hydrogen (secondary N) is 1. The molecule has 0 spiro atoms. The van der Waals surface area contributed by atoms with Crippen LogP contribution in [0.25, 0.3) is 0 Å². The van der Waals surface area contributed by atoms with Gasteiger partial charge in [0, 0.05) is 37.1 Å². The van der Waals surface area contributed by atoms with Gasteiger partial charge in [-0.15, -0.1) is 0 Å². The molecule has 1 aromatic carbocycles. The van der Waals surface area contributed by atoms with Gasteiger partial charge in [0.05, 0.1) is 27.9 Å². The molecule has 0 saturated carbocycles. The minimum absolute atomic E-state index is 0.0508. The van der Waals surface area contributed by atoms with E-state index in [2.05, 4.69) is 15.3 Å². The van der Waals surface area contributed by atoms with Crippen molar-refractivity contribution in [2.45, 2.75) is 32.4 Å². The van der Waals surface area contributed by atoms with E-state index >= 15 is 0 Å². The maximum atomic E-state index is 12.5. The molecule has 1 unspecified atom stereocenters. The highest BCUT2D eigenvalue weighted by Crippen LogP contribution is 2.40. The summed E-state index contributed by atoms with van der Waals surface area (Å²) < 4.78 is 21.5. The molecule has 1 aromatic heterocycles. The Balaban J connectivity index is 1.79. The Kier molecular flexibility index (Phi) is 7.72. The van der Waals surface area contributed by atoms with E-state index in [9.17, 15) is 14.7 Å². The number of methoxy groups -OCH3 is 3. The fraction of sp³-hybridized carbons (Fsp3) is 0.478. The number of carboxylic acid groups (broad SMARTS) is 1. The van der Waals surface area contributed by atoms with E-state index in [1.807, 2.05) is 0 Å². The zero-order chi connectivity index (χ0) is 25.8. The number of benzene rings is 1. The van der Waals surface area contributed by atoms with E-state index in [0.717, 1.165) is 0 Å². The summed E-state index contributed by atoms with van der Waals surface area (Å²) in [5.74, 6) is 1.08. The summed E-state index contributed by atoms with van der Waals surface area (Å²) in [6.07, 6.45) is 0.913. The van der Waals surface area contributed by atoms with Crippen molar-refractivity contribution in [3.63, 3.8) is 0 Å². The Labute approximate surface area is 203 Å². The van der Waals surface area contributed by atoms with Gasteiger partial charge >= 0.3 is 12.1 Å². The van der Waals surface area contributed by atoms with E-state index in [1.165, 1.54) is 26.2 Å². The van der Waals surface area contributed by atoms with Crippen LogP contribution in [-0.4, -0.2) is 84.6 Å². The third-order valence-electron chi connectivity index (χ3n) is 5.18. The average Bonchev–Trinajstić information content (AvgIpc) is 2.82. The van der Waals surface area contributed by atoms with Crippen LogP contribution < -0.4 is 24.4 Å². The lowest BCUT2D eigenvalue weighted by Gasteiger charge is -2.40. The zero-order valence-corrected chi connectivity index (χ0v) is 20.7. The van der Waals surface area contributed by atoms with Crippen molar-refractivity contribution in [2.24, 2.45) is 0 Å². The molecule has 1 fully saturated rings. The number of nitrogens with zero attached hydrogens (tertiary/aromatic N) is 4. The number of piperazine rings is 1. The van der Waals surface area contributed by atoms with Crippen molar-refractivity contribution >= 4 is 29.5 Å². The molecule has 0 aliphatic carbocycles. The number of amides is 1. The molecule has 1 atom stereocenters. The van der Waals surface area contributed by atoms with Crippen LogP contribution in [0.15, 0.2) is 24.4 Å². The molecule has 0 bridgehead atoms. The van der Waals surface area contributed by atoms with Crippen LogP contribution in [-0.2, 0) is 9.53 Å². The van der Waals surface area contributed by atoms with Gasteiger partial charge in [-0.05, 0) is 26.8 Å². The van der Waals surface area contributed by atoms with Crippen molar-refractivity contribution in [3.05, 3.63) is 24.4 Å². The fourth-order valence-electron chi connectivity index (χ4n) is 3.61. The first kappa shape index (κ1) is 25.7. The summed E-state index contributed by atoms with van der Waals surface area (Å²) in [6.45, 7) is 5.81. The van der Waals surface area contributed by atoms with Gasteiger partial charge in [0.25, 0.3) is 0 Å². The van der Waals surface area contributed by atoms with Crippen LogP contribution in [0.4, 0.5) is 22.2 Å².